The smallest absolute Gasteiger partial charge is 0.338 e. The summed E-state index contributed by atoms with van der Waals surface area (Å²) in [7, 11) is 0. The molecular weight excluding hydrogens is 252 g/mol. The van der Waals surface area contributed by atoms with Crippen LogP contribution < -0.4 is 0 Å². The predicted octanol–water partition coefficient (Wildman–Crippen LogP) is 3.14. The Morgan fingerprint density at radius 2 is 1.70 bits per heavy atom. The van der Waals surface area contributed by atoms with Gasteiger partial charge in [0, 0.05) is 0 Å². The van der Waals surface area contributed by atoms with E-state index in [4.69, 9.17) is 9.84 Å². The number of benzene rings is 3. The first-order valence-corrected chi connectivity index (χ1v) is 6.50. The summed E-state index contributed by atoms with van der Waals surface area (Å²) < 4.78 is 5.01. The summed E-state index contributed by atoms with van der Waals surface area (Å²) in [6, 6.07) is 17.6. The lowest BCUT2D eigenvalue weighted by Crippen LogP contribution is -2.09. The summed E-state index contributed by atoms with van der Waals surface area (Å²) in [5.41, 5.74) is 0.529. The molecule has 0 atom stereocenters. The van der Waals surface area contributed by atoms with Crippen molar-refractivity contribution in [1.82, 2.24) is 0 Å². The molecule has 0 aliphatic carbocycles. The maximum Gasteiger partial charge on any atom is 0.338 e. The van der Waals surface area contributed by atoms with Crippen LogP contribution in [0.25, 0.3) is 21.5 Å². The lowest BCUT2D eigenvalue weighted by Gasteiger charge is -2.08. The van der Waals surface area contributed by atoms with Gasteiger partial charge in [-0.3, -0.25) is 0 Å². The van der Waals surface area contributed by atoms with E-state index in [1.807, 2.05) is 48.5 Å². The molecule has 0 saturated heterocycles. The zero-order valence-electron chi connectivity index (χ0n) is 10.9. The Kier molecular flexibility index (Phi) is 3.35. The zero-order chi connectivity index (χ0) is 13.9. The molecule has 3 heteroatoms. The van der Waals surface area contributed by atoms with E-state index in [1.54, 1.807) is 6.07 Å². The number of ether oxygens (including phenoxy) is 1. The Morgan fingerprint density at radius 1 is 0.900 bits per heavy atom. The molecule has 1 N–H and O–H groups in total. The van der Waals surface area contributed by atoms with Crippen molar-refractivity contribution in [2.24, 2.45) is 0 Å². The van der Waals surface area contributed by atoms with Gasteiger partial charge < -0.3 is 9.84 Å². The van der Waals surface area contributed by atoms with Crippen molar-refractivity contribution in [2.45, 2.75) is 0 Å². The third kappa shape index (κ3) is 2.12. The monoisotopic (exact) mass is 266 g/mol. The van der Waals surface area contributed by atoms with E-state index in [0.29, 0.717) is 5.56 Å². The van der Waals surface area contributed by atoms with Gasteiger partial charge in [0.1, 0.15) is 6.61 Å². The molecule has 0 unspecified atom stereocenters. The normalized spacial score (nSPS) is 10.8. The summed E-state index contributed by atoms with van der Waals surface area (Å²) in [6.45, 7) is -0.151. The Morgan fingerprint density at radius 3 is 2.55 bits per heavy atom. The number of esters is 1. The van der Waals surface area contributed by atoms with E-state index < -0.39 is 5.97 Å². The van der Waals surface area contributed by atoms with Crippen LogP contribution in [0.4, 0.5) is 0 Å². The van der Waals surface area contributed by atoms with E-state index >= 15 is 0 Å². The highest BCUT2D eigenvalue weighted by molar-refractivity contribution is 6.14. The molecule has 0 aromatic heterocycles. The van der Waals surface area contributed by atoms with Crippen LogP contribution in [-0.2, 0) is 4.74 Å². The number of rotatable bonds is 3. The lowest BCUT2D eigenvalue weighted by atomic mass is 9.98. The molecule has 3 aromatic carbocycles. The van der Waals surface area contributed by atoms with E-state index in [-0.39, 0.29) is 13.2 Å². The standard InChI is InChI=1S/C17H14O3/c18-10-11-20-17(19)16-7-3-6-14-13-5-2-1-4-12(13)8-9-15(14)16/h1-9,18H,10-11H2. The Labute approximate surface area is 116 Å². The minimum absolute atomic E-state index is 0.0167. The largest absolute Gasteiger partial charge is 0.460 e. The average molecular weight is 266 g/mol. The van der Waals surface area contributed by atoms with Gasteiger partial charge in [-0.15, -0.1) is 0 Å². The van der Waals surface area contributed by atoms with Crippen LogP contribution in [-0.4, -0.2) is 24.3 Å². The number of aliphatic hydroxyl groups excluding tert-OH is 1. The molecule has 3 nitrogen and oxygen atoms in total. The average Bonchev–Trinajstić information content (AvgIpc) is 2.51. The third-order valence-electron chi connectivity index (χ3n) is 3.33. The second-order valence-electron chi connectivity index (χ2n) is 4.55. The van der Waals surface area contributed by atoms with Gasteiger partial charge in [-0.2, -0.15) is 0 Å². The molecule has 20 heavy (non-hydrogen) atoms. The molecule has 0 bridgehead atoms. The van der Waals surface area contributed by atoms with Crippen molar-refractivity contribution in [3.63, 3.8) is 0 Å². The molecule has 100 valence electrons. The molecule has 3 rings (SSSR count). The summed E-state index contributed by atoms with van der Waals surface area (Å²) in [4.78, 5) is 12.0. The molecule has 0 heterocycles. The molecule has 0 aliphatic heterocycles. The minimum atomic E-state index is -0.403. The molecule has 0 spiro atoms. The lowest BCUT2D eigenvalue weighted by molar-refractivity contribution is 0.0436. The van der Waals surface area contributed by atoms with Crippen LogP contribution in [0.5, 0.6) is 0 Å². The zero-order valence-corrected chi connectivity index (χ0v) is 10.9. The van der Waals surface area contributed by atoms with Gasteiger partial charge in [-0.25, -0.2) is 4.79 Å². The van der Waals surface area contributed by atoms with Gasteiger partial charge in [-0.05, 0) is 27.6 Å². The highest BCUT2D eigenvalue weighted by Gasteiger charge is 2.12. The van der Waals surface area contributed by atoms with Crippen molar-refractivity contribution in [2.75, 3.05) is 13.2 Å². The first-order valence-electron chi connectivity index (χ1n) is 6.50. The molecule has 0 fully saturated rings. The number of carbonyl (C=O) groups excluding carboxylic acids is 1. The molecule has 3 aromatic rings. The Hall–Kier alpha value is -2.39. The second-order valence-corrected chi connectivity index (χ2v) is 4.55. The van der Waals surface area contributed by atoms with Crippen molar-refractivity contribution in [3.05, 3.63) is 60.2 Å². The van der Waals surface area contributed by atoms with E-state index in [2.05, 4.69) is 0 Å². The SMILES string of the molecule is O=C(OCCO)c1cccc2c1ccc1ccccc12. The van der Waals surface area contributed by atoms with Crippen LogP contribution in [0, 0.1) is 0 Å². The third-order valence-corrected chi connectivity index (χ3v) is 3.33. The summed E-state index contributed by atoms with van der Waals surface area (Å²) in [6.07, 6.45) is 0. The molecular formula is C17H14O3. The van der Waals surface area contributed by atoms with Crippen molar-refractivity contribution in [3.8, 4) is 0 Å². The van der Waals surface area contributed by atoms with E-state index in [1.165, 1.54) is 0 Å². The Balaban J connectivity index is 2.20. The van der Waals surface area contributed by atoms with Crippen molar-refractivity contribution >= 4 is 27.5 Å². The number of aliphatic hydroxyl groups is 1. The number of fused-ring (bicyclic) bond motifs is 3. The van der Waals surface area contributed by atoms with Gasteiger partial charge in [0.05, 0.1) is 12.2 Å². The quantitative estimate of drug-likeness (QED) is 0.585. The first-order chi connectivity index (χ1) is 9.81. The first kappa shape index (κ1) is 12.6. The topological polar surface area (TPSA) is 46.5 Å². The van der Waals surface area contributed by atoms with Crippen LogP contribution in [0.3, 0.4) is 0 Å². The predicted molar refractivity (Wildman–Crippen MR) is 78.8 cm³/mol. The fourth-order valence-electron chi connectivity index (χ4n) is 2.43. The molecule has 0 aliphatic rings. The number of hydrogen-bond acceptors (Lipinski definition) is 3. The molecule has 0 radical (unpaired) electrons. The molecule has 0 saturated carbocycles. The van der Waals surface area contributed by atoms with Crippen LogP contribution in [0.1, 0.15) is 10.4 Å². The van der Waals surface area contributed by atoms with Gasteiger partial charge in [-0.1, -0.05) is 48.5 Å². The van der Waals surface area contributed by atoms with Crippen LogP contribution in [0.2, 0.25) is 0 Å². The second kappa shape index (κ2) is 5.31. The van der Waals surface area contributed by atoms with E-state index in [9.17, 15) is 4.79 Å². The van der Waals surface area contributed by atoms with Gasteiger partial charge in [0.25, 0.3) is 0 Å². The fraction of sp³-hybridized carbons (Fsp3) is 0.118. The number of carbonyl (C=O) groups is 1. The van der Waals surface area contributed by atoms with Crippen molar-refractivity contribution in [1.29, 1.82) is 0 Å². The molecule has 0 amide bonds. The van der Waals surface area contributed by atoms with Crippen LogP contribution >= 0.6 is 0 Å². The van der Waals surface area contributed by atoms with Crippen molar-refractivity contribution < 1.29 is 14.6 Å². The minimum Gasteiger partial charge on any atom is -0.460 e. The van der Waals surface area contributed by atoms with Crippen LogP contribution in [0.15, 0.2) is 54.6 Å². The summed E-state index contributed by atoms with van der Waals surface area (Å²) in [5.74, 6) is -0.403. The van der Waals surface area contributed by atoms with Gasteiger partial charge >= 0.3 is 5.97 Å². The highest BCUT2D eigenvalue weighted by atomic mass is 16.5. The summed E-state index contributed by atoms with van der Waals surface area (Å²) in [5, 5.41) is 12.9. The maximum absolute atomic E-state index is 12.0. The highest BCUT2D eigenvalue weighted by Crippen LogP contribution is 2.27. The van der Waals surface area contributed by atoms with E-state index in [0.717, 1.165) is 21.5 Å². The maximum atomic E-state index is 12.0. The van der Waals surface area contributed by atoms with Gasteiger partial charge in [0.2, 0.25) is 0 Å². The summed E-state index contributed by atoms with van der Waals surface area (Å²) >= 11 is 0. The Bertz CT molecular complexity index is 777. The number of hydrogen-bond donors (Lipinski definition) is 1. The fourth-order valence-corrected chi connectivity index (χ4v) is 2.43. The van der Waals surface area contributed by atoms with Gasteiger partial charge in [0.15, 0.2) is 0 Å².